The number of piperidine rings is 1. The van der Waals surface area contributed by atoms with Crippen LogP contribution in [0, 0.1) is 0 Å². The van der Waals surface area contributed by atoms with Crippen LogP contribution in [0.1, 0.15) is 16.8 Å². The van der Waals surface area contributed by atoms with Gasteiger partial charge in [-0.3, -0.25) is 4.79 Å². The molecule has 0 radical (unpaired) electrons. The summed E-state index contributed by atoms with van der Waals surface area (Å²) in [6, 6.07) is 8.01. The van der Waals surface area contributed by atoms with Gasteiger partial charge in [0.2, 0.25) is 0 Å². The molecule has 1 saturated heterocycles. The highest BCUT2D eigenvalue weighted by Gasteiger charge is 2.30. The molecule has 0 spiro atoms. The Labute approximate surface area is 115 Å². The summed E-state index contributed by atoms with van der Waals surface area (Å²) in [7, 11) is 0. The standard InChI is InChI=1S/C12H13N7O/c13-17-15-10-6-7-19(8-11(10)16-18-14)12(20)9-4-2-1-3-5-9/h1-5,10-11H,6-8H2/t10-,11-/m1/s1. The summed E-state index contributed by atoms with van der Waals surface area (Å²) in [6.45, 7) is 0.746. The van der Waals surface area contributed by atoms with Crippen molar-refractivity contribution in [1.29, 1.82) is 0 Å². The molecular formula is C12H13N7O. The topological polar surface area (TPSA) is 118 Å². The molecular weight excluding hydrogens is 258 g/mol. The van der Waals surface area contributed by atoms with Crippen LogP contribution in [0.5, 0.6) is 0 Å². The summed E-state index contributed by atoms with van der Waals surface area (Å²) in [4.78, 5) is 19.4. The van der Waals surface area contributed by atoms with Crippen molar-refractivity contribution in [3.8, 4) is 0 Å². The number of rotatable bonds is 3. The highest BCUT2D eigenvalue weighted by molar-refractivity contribution is 5.94. The molecule has 1 aromatic carbocycles. The van der Waals surface area contributed by atoms with Crippen molar-refractivity contribution in [2.45, 2.75) is 18.5 Å². The predicted octanol–water partition coefficient (Wildman–Crippen LogP) is 2.89. The van der Waals surface area contributed by atoms with Crippen LogP contribution in [0.4, 0.5) is 0 Å². The Morgan fingerprint density at radius 2 is 1.80 bits per heavy atom. The van der Waals surface area contributed by atoms with E-state index in [4.69, 9.17) is 11.1 Å². The van der Waals surface area contributed by atoms with Gasteiger partial charge in [0.05, 0.1) is 6.04 Å². The number of azide groups is 2. The number of nitrogens with zero attached hydrogens (tertiary/aromatic N) is 7. The highest BCUT2D eigenvalue weighted by Crippen LogP contribution is 2.19. The van der Waals surface area contributed by atoms with Gasteiger partial charge >= 0.3 is 0 Å². The van der Waals surface area contributed by atoms with E-state index in [0.717, 1.165) is 0 Å². The molecule has 102 valence electrons. The van der Waals surface area contributed by atoms with Crippen molar-refractivity contribution >= 4 is 5.91 Å². The second-order valence-corrected chi connectivity index (χ2v) is 4.45. The maximum absolute atomic E-state index is 12.3. The lowest BCUT2D eigenvalue weighted by molar-refractivity contribution is 0.0696. The zero-order chi connectivity index (χ0) is 14.4. The van der Waals surface area contributed by atoms with Gasteiger partial charge in [-0.25, -0.2) is 0 Å². The number of benzene rings is 1. The first-order valence-electron chi connectivity index (χ1n) is 6.19. The third kappa shape index (κ3) is 3.00. The molecule has 0 saturated carbocycles. The summed E-state index contributed by atoms with van der Waals surface area (Å²) in [5.41, 5.74) is 17.7. The number of hydrogen-bond acceptors (Lipinski definition) is 3. The normalized spacial score (nSPS) is 21.5. The van der Waals surface area contributed by atoms with Gasteiger partial charge in [-0.2, -0.15) is 0 Å². The smallest absolute Gasteiger partial charge is 0.253 e. The summed E-state index contributed by atoms with van der Waals surface area (Å²) in [5.74, 6) is -0.108. The first-order chi connectivity index (χ1) is 9.76. The molecule has 1 heterocycles. The van der Waals surface area contributed by atoms with Crippen LogP contribution in [0.15, 0.2) is 40.6 Å². The molecule has 0 N–H and O–H groups in total. The van der Waals surface area contributed by atoms with Gasteiger partial charge in [0, 0.05) is 34.5 Å². The molecule has 0 bridgehead atoms. The quantitative estimate of drug-likeness (QED) is 0.469. The van der Waals surface area contributed by atoms with E-state index in [9.17, 15) is 4.79 Å². The van der Waals surface area contributed by atoms with Gasteiger partial charge in [0.15, 0.2) is 0 Å². The van der Waals surface area contributed by atoms with E-state index in [-0.39, 0.29) is 12.5 Å². The monoisotopic (exact) mass is 271 g/mol. The molecule has 1 fully saturated rings. The minimum absolute atomic E-state index is 0.108. The molecule has 1 aromatic rings. The molecule has 1 aliphatic rings. The zero-order valence-corrected chi connectivity index (χ0v) is 10.7. The molecule has 2 atom stereocenters. The Morgan fingerprint density at radius 1 is 1.15 bits per heavy atom. The van der Waals surface area contributed by atoms with E-state index < -0.39 is 12.1 Å². The van der Waals surface area contributed by atoms with Crippen LogP contribution < -0.4 is 0 Å². The van der Waals surface area contributed by atoms with Gasteiger partial charge in [-0.05, 0) is 29.6 Å². The lowest BCUT2D eigenvalue weighted by atomic mass is 10.00. The number of hydrogen-bond donors (Lipinski definition) is 0. The maximum Gasteiger partial charge on any atom is 0.253 e. The van der Waals surface area contributed by atoms with Gasteiger partial charge < -0.3 is 4.90 Å². The van der Waals surface area contributed by atoms with Crippen LogP contribution in [0.2, 0.25) is 0 Å². The van der Waals surface area contributed by atoms with E-state index in [1.807, 2.05) is 6.07 Å². The lowest BCUT2D eigenvalue weighted by Crippen LogP contribution is -2.47. The lowest BCUT2D eigenvalue weighted by Gasteiger charge is -2.34. The van der Waals surface area contributed by atoms with Crippen LogP contribution in [-0.2, 0) is 0 Å². The third-order valence-corrected chi connectivity index (χ3v) is 3.25. The summed E-state index contributed by atoms with van der Waals surface area (Å²) >= 11 is 0. The number of carbonyl (C=O) groups is 1. The fourth-order valence-electron chi connectivity index (χ4n) is 2.25. The van der Waals surface area contributed by atoms with Crippen LogP contribution >= 0.6 is 0 Å². The van der Waals surface area contributed by atoms with Crippen LogP contribution in [0.3, 0.4) is 0 Å². The van der Waals surface area contributed by atoms with Crippen molar-refractivity contribution in [2.75, 3.05) is 13.1 Å². The summed E-state index contributed by atoms with van der Waals surface area (Å²) < 4.78 is 0. The van der Waals surface area contributed by atoms with Crippen molar-refractivity contribution in [2.24, 2.45) is 10.2 Å². The van der Waals surface area contributed by atoms with E-state index in [1.165, 1.54) is 0 Å². The van der Waals surface area contributed by atoms with E-state index in [1.54, 1.807) is 29.2 Å². The molecule has 0 aliphatic carbocycles. The van der Waals surface area contributed by atoms with Crippen molar-refractivity contribution in [3.05, 3.63) is 56.8 Å². The highest BCUT2D eigenvalue weighted by atomic mass is 16.2. The van der Waals surface area contributed by atoms with Crippen molar-refractivity contribution in [3.63, 3.8) is 0 Å². The molecule has 20 heavy (non-hydrogen) atoms. The minimum Gasteiger partial charge on any atom is -0.338 e. The second kappa shape index (κ2) is 6.47. The fraction of sp³-hybridized carbons (Fsp3) is 0.417. The third-order valence-electron chi connectivity index (χ3n) is 3.25. The van der Waals surface area contributed by atoms with Crippen molar-refractivity contribution in [1.82, 2.24) is 4.90 Å². The Balaban J connectivity index is 2.14. The largest absolute Gasteiger partial charge is 0.338 e. The van der Waals surface area contributed by atoms with Gasteiger partial charge in [0.25, 0.3) is 5.91 Å². The van der Waals surface area contributed by atoms with Crippen molar-refractivity contribution < 1.29 is 4.79 Å². The first kappa shape index (κ1) is 13.7. The number of carbonyl (C=O) groups excluding carboxylic acids is 1. The Kier molecular flexibility index (Phi) is 4.44. The minimum atomic E-state index is -0.516. The molecule has 8 heteroatoms. The molecule has 8 nitrogen and oxygen atoms in total. The van der Waals surface area contributed by atoms with Gasteiger partial charge in [-0.15, -0.1) is 0 Å². The molecule has 1 amide bonds. The average Bonchev–Trinajstić information content (AvgIpc) is 2.50. The maximum atomic E-state index is 12.3. The van der Waals surface area contributed by atoms with Crippen LogP contribution in [0.25, 0.3) is 20.9 Å². The van der Waals surface area contributed by atoms with E-state index in [2.05, 4.69) is 20.1 Å². The van der Waals surface area contributed by atoms with Gasteiger partial charge in [-0.1, -0.05) is 28.4 Å². The first-order valence-corrected chi connectivity index (χ1v) is 6.19. The summed E-state index contributed by atoms with van der Waals surface area (Å²) in [5, 5.41) is 7.26. The summed E-state index contributed by atoms with van der Waals surface area (Å²) in [6.07, 6.45) is 0.492. The zero-order valence-electron chi connectivity index (χ0n) is 10.7. The fourth-order valence-corrected chi connectivity index (χ4v) is 2.25. The molecule has 0 aromatic heterocycles. The Bertz CT molecular complexity index is 575. The second-order valence-electron chi connectivity index (χ2n) is 4.45. The Morgan fingerprint density at radius 3 is 2.45 bits per heavy atom. The molecule has 2 rings (SSSR count). The van der Waals surface area contributed by atoms with E-state index >= 15 is 0 Å². The van der Waals surface area contributed by atoms with Gasteiger partial charge in [0.1, 0.15) is 0 Å². The number of amides is 1. The number of likely N-dealkylation sites (tertiary alicyclic amines) is 1. The predicted molar refractivity (Wildman–Crippen MR) is 72.8 cm³/mol. The average molecular weight is 271 g/mol. The van der Waals surface area contributed by atoms with Crippen LogP contribution in [-0.4, -0.2) is 36.0 Å². The molecule has 0 unspecified atom stereocenters. The van der Waals surface area contributed by atoms with E-state index in [0.29, 0.717) is 18.5 Å². The Hall–Kier alpha value is -2.69. The SMILES string of the molecule is [N-]=[N+]=N[C@@H]1CCN(C(=O)c2ccccc2)C[C@H]1N=[N+]=[N-]. The molecule has 1 aliphatic heterocycles.